The van der Waals surface area contributed by atoms with Gasteiger partial charge < -0.3 is 15.0 Å². The molecule has 6 rings (SSSR count). The lowest BCUT2D eigenvalue weighted by atomic mass is 10.1. The number of nitrogens with zero attached hydrogens (tertiary/aromatic N) is 1. The number of hydrogen-bond acceptors (Lipinski definition) is 3. The number of amides is 1. The van der Waals surface area contributed by atoms with Gasteiger partial charge in [0.1, 0.15) is 0 Å². The van der Waals surface area contributed by atoms with E-state index in [1.54, 1.807) is 23.9 Å². The minimum absolute atomic E-state index is 0.0515. The summed E-state index contributed by atoms with van der Waals surface area (Å²) in [5.74, 6) is -0.367. The van der Waals surface area contributed by atoms with Crippen LogP contribution < -0.4 is 5.32 Å². The molecule has 0 aliphatic rings. The Morgan fingerprint density at radius 3 is 2.30 bits per heavy atom. The van der Waals surface area contributed by atoms with E-state index in [9.17, 15) is 14.7 Å². The van der Waals surface area contributed by atoms with Crippen LogP contribution in [0.2, 0.25) is 5.02 Å². The SMILES string of the molecule is O=C(CCc1ccccc1)Nc1ccc2c(c1)c(Cl)c(CSc1ccc3ccccc3c1)n2Cc1ccc(C(=O)O)cc1. The van der Waals surface area contributed by atoms with E-state index >= 15 is 0 Å². The van der Waals surface area contributed by atoms with Crippen LogP contribution in [0.3, 0.4) is 0 Å². The van der Waals surface area contributed by atoms with Crippen molar-refractivity contribution in [1.82, 2.24) is 4.57 Å². The number of aromatic carboxylic acids is 1. The van der Waals surface area contributed by atoms with E-state index in [2.05, 4.69) is 40.2 Å². The first-order chi connectivity index (χ1) is 20.9. The molecule has 0 bridgehead atoms. The number of anilines is 1. The molecule has 0 saturated heterocycles. The van der Waals surface area contributed by atoms with Crippen molar-refractivity contribution in [1.29, 1.82) is 0 Å². The zero-order valence-corrected chi connectivity index (χ0v) is 24.9. The van der Waals surface area contributed by atoms with Crippen LogP contribution in [0.4, 0.5) is 5.69 Å². The largest absolute Gasteiger partial charge is 0.478 e. The molecular formula is C36H29ClN2O3S. The van der Waals surface area contributed by atoms with E-state index < -0.39 is 5.97 Å². The number of halogens is 1. The van der Waals surface area contributed by atoms with Crippen molar-refractivity contribution < 1.29 is 14.7 Å². The molecule has 0 spiro atoms. The van der Waals surface area contributed by atoms with Gasteiger partial charge in [-0.1, -0.05) is 84.4 Å². The molecule has 1 amide bonds. The van der Waals surface area contributed by atoms with E-state index in [0.29, 0.717) is 35.8 Å². The molecule has 43 heavy (non-hydrogen) atoms. The summed E-state index contributed by atoms with van der Waals surface area (Å²) in [6.45, 7) is 0.527. The number of fused-ring (bicyclic) bond motifs is 2. The van der Waals surface area contributed by atoms with Gasteiger partial charge in [-0.3, -0.25) is 4.79 Å². The number of rotatable bonds is 10. The number of nitrogens with one attached hydrogen (secondary N) is 1. The van der Waals surface area contributed by atoms with E-state index in [-0.39, 0.29) is 11.5 Å². The van der Waals surface area contributed by atoms with Crippen LogP contribution in [-0.4, -0.2) is 21.6 Å². The molecule has 2 N–H and O–H groups in total. The van der Waals surface area contributed by atoms with Gasteiger partial charge in [0.05, 0.1) is 16.1 Å². The topological polar surface area (TPSA) is 71.3 Å². The molecule has 0 aliphatic carbocycles. The zero-order chi connectivity index (χ0) is 29.8. The smallest absolute Gasteiger partial charge is 0.335 e. The van der Waals surface area contributed by atoms with Gasteiger partial charge in [0.2, 0.25) is 5.91 Å². The molecule has 214 valence electrons. The van der Waals surface area contributed by atoms with Gasteiger partial charge in [-0.2, -0.15) is 0 Å². The molecule has 1 aromatic heterocycles. The molecule has 6 aromatic rings. The van der Waals surface area contributed by atoms with Crippen molar-refractivity contribution in [3.8, 4) is 0 Å². The zero-order valence-electron chi connectivity index (χ0n) is 23.3. The Labute approximate surface area is 259 Å². The van der Waals surface area contributed by atoms with E-state index in [1.165, 1.54) is 10.8 Å². The summed E-state index contributed by atoms with van der Waals surface area (Å²) in [7, 11) is 0. The van der Waals surface area contributed by atoms with E-state index in [1.807, 2.05) is 72.8 Å². The van der Waals surface area contributed by atoms with Crippen molar-refractivity contribution in [3.05, 3.63) is 143 Å². The molecule has 0 saturated carbocycles. The molecule has 5 nitrogen and oxygen atoms in total. The lowest BCUT2D eigenvalue weighted by Crippen LogP contribution is -2.12. The molecule has 0 unspecified atom stereocenters. The molecule has 1 heterocycles. The van der Waals surface area contributed by atoms with Crippen molar-refractivity contribution in [2.45, 2.75) is 30.0 Å². The van der Waals surface area contributed by atoms with Crippen LogP contribution in [0, 0.1) is 0 Å². The average molecular weight is 605 g/mol. The number of thioether (sulfide) groups is 1. The first-order valence-corrected chi connectivity index (χ1v) is 15.4. The molecular weight excluding hydrogens is 576 g/mol. The second kappa shape index (κ2) is 12.8. The minimum Gasteiger partial charge on any atom is -0.478 e. The second-order valence-electron chi connectivity index (χ2n) is 10.4. The number of carbonyl (C=O) groups is 2. The quantitative estimate of drug-likeness (QED) is 0.153. The maximum Gasteiger partial charge on any atom is 0.335 e. The number of carboxylic acid groups (broad SMARTS) is 1. The Bertz CT molecular complexity index is 1930. The third-order valence-electron chi connectivity index (χ3n) is 7.51. The third kappa shape index (κ3) is 6.61. The normalized spacial score (nSPS) is 11.2. The molecule has 0 atom stereocenters. The first kappa shape index (κ1) is 28.6. The van der Waals surface area contributed by atoms with Gasteiger partial charge in [-0.15, -0.1) is 11.8 Å². The molecule has 7 heteroatoms. The first-order valence-electron chi connectivity index (χ1n) is 14.0. The molecule has 0 fully saturated rings. The van der Waals surface area contributed by atoms with Crippen LogP contribution in [-0.2, 0) is 23.5 Å². The number of aromatic nitrogens is 1. The summed E-state index contributed by atoms with van der Waals surface area (Å²) < 4.78 is 2.18. The number of carboxylic acids is 1. The summed E-state index contributed by atoms with van der Waals surface area (Å²) in [6.07, 6.45) is 1.06. The highest BCUT2D eigenvalue weighted by molar-refractivity contribution is 7.98. The monoisotopic (exact) mass is 604 g/mol. The standard InChI is InChI=1S/C36H29ClN2O3S/c37-35-31-21-29(38-34(40)19-12-24-6-2-1-3-7-24)16-18-32(31)39(22-25-10-13-27(14-11-25)36(41)42)33(35)23-43-30-17-15-26-8-4-5-9-28(26)20-30/h1-11,13-18,20-21H,12,19,22-23H2,(H,38,40)(H,41,42). The van der Waals surface area contributed by atoms with Crippen LogP contribution in [0.5, 0.6) is 0 Å². The Hall–Kier alpha value is -4.52. The average Bonchev–Trinajstić information content (AvgIpc) is 3.29. The maximum atomic E-state index is 12.8. The van der Waals surface area contributed by atoms with Crippen molar-refractivity contribution in [3.63, 3.8) is 0 Å². The lowest BCUT2D eigenvalue weighted by molar-refractivity contribution is -0.116. The van der Waals surface area contributed by atoms with E-state index in [0.717, 1.165) is 32.6 Å². The van der Waals surface area contributed by atoms with Crippen LogP contribution in [0.1, 0.15) is 33.6 Å². The molecule has 0 aliphatic heterocycles. The fourth-order valence-electron chi connectivity index (χ4n) is 5.24. The predicted octanol–water partition coefficient (Wildman–Crippen LogP) is 9.06. The predicted molar refractivity (Wildman–Crippen MR) is 176 cm³/mol. The minimum atomic E-state index is -0.952. The Balaban J connectivity index is 1.29. The fourth-order valence-corrected chi connectivity index (χ4v) is 6.61. The van der Waals surface area contributed by atoms with Crippen LogP contribution in [0.15, 0.2) is 120 Å². The van der Waals surface area contributed by atoms with Crippen LogP contribution in [0.25, 0.3) is 21.7 Å². The fraction of sp³-hybridized carbons (Fsp3) is 0.111. The van der Waals surface area contributed by atoms with Crippen molar-refractivity contribution >= 4 is 62.6 Å². The van der Waals surface area contributed by atoms with Gasteiger partial charge >= 0.3 is 5.97 Å². The third-order valence-corrected chi connectivity index (χ3v) is 8.94. The van der Waals surface area contributed by atoms with Crippen molar-refractivity contribution in [2.24, 2.45) is 0 Å². The highest BCUT2D eigenvalue weighted by Crippen LogP contribution is 2.37. The number of carbonyl (C=O) groups excluding carboxylic acids is 1. The Kier molecular flexibility index (Phi) is 8.50. The summed E-state index contributed by atoms with van der Waals surface area (Å²) >= 11 is 8.80. The van der Waals surface area contributed by atoms with Crippen LogP contribution >= 0.6 is 23.4 Å². The summed E-state index contributed by atoms with van der Waals surface area (Å²) in [6, 6.07) is 37.5. The Morgan fingerprint density at radius 2 is 1.53 bits per heavy atom. The highest BCUT2D eigenvalue weighted by Gasteiger charge is 2.18. The lowest BCUT2D eigenvalue weighted by Gasteiger charge is -2.12. The molecule has 0 radical (unpaired) electrons. The Morgan fingerprint density at radius 1 is 0.791 bits per heavy atom. The van der Waals surface area contributed by atoms with Gasteiger partial charge in [-0.05, 0) is 70.8 Å². The summed E-state index contributed by atoms with van der Waals surface area (Å²) in [5.41, 5.74) is 4.95. The summed E-state index contributed by atoms with van der Waals surface area (Å²) in [4.78, 5) is 25.3. The van der Waals surface area contributed by atoms with Gasteiger partial charge in [0.25, 0.3) is 0 Å². The second-order valence-corrected chi connectivity index (χ2v) is 11.8. The number of hydrogen-bond donors (Lipinski definition) is 2. The van der Waals surface area contributed by atoms with Crippen molar-refractivity contribution in [2.75, 3.05) is 5.32 Å². The van der Waals surface area contributed by atoms with Gasteiger partial charge in [-0.25, -0.2) is 4.79 Å². The number of benzene rings is 5. The maximum absolute atomic E-state index is 12.8. The highest BCUT2D eigenvalue weighted by atomic mass is 35.5. The number of aryl methyl sites for hydroxylation is 1. The van der Waals surface area contributed by atoms with E-state index in [4.69, 9.17) is 11.6 Å². The van der Waals surface area contributed by atoms with Gasteiger partial charge in [0.15, 0.2) is 0 Å². The summed E-state index contributed by atoms with van der Waals surface area (Å²) in [5, 5.41) is 16.2. The molecule has 5 aromatic carbocycles. The van der Waals surface area contributed by atoms with Gasteiger partial charge in [0, 0.05) is 40.4 Å².